The molecule has 1 aliphatic heterocycles. The molecule has 0 saturated heterocycles. The fourth-order valence-electron chi connectivity index (χ4n) is 2.12. The zero-order valence-corrected chi connectivity index (χ0v) is 12.8. The van der Waals surface area contributed by atoms with Gasteiger partial charge in [-0.15, -0.1) is 0 Å². The summed E-state index contributed by atoms with van der Waals surface area (Å²) in [4.78, 5) is 2.45. The summed E-state index contributed by atoms with van der Waals surface area (Å²) in [5.41, 5.74) is 1.26. The normalized spacial score (nSPS) is 13.2. The molecule has 3 rings (SSSR count). The standard InChI is InChI=1S/C15H11F4N3O3/c1-23-8-4-7(5-9-13(8)25-3-2-24-9)6-20-22-12-10(16)14(18)21-15(19)11(12)17/h4-6H,2-3H2,1H3,(H,21,22)/b20-6-. The number of hydrogen-bond acceptors (Lipinski definition) is 6. The number of rotatable bonds is 4. The summed E-state index contributed by atoms with van der Waals surface area (Å²) in [5, 5.41) is 3.57. The Hall–Kier alpha value is -3.04. The minimum Gasteiger partial charge on any atom is -0.493 e. The number of nitrogens with one attached hydrogen (secondary N) is 1. The van der Waals surface area contributed by atoms with Crippen LogP contribution in [0.1, 0.15) is 5.56 Å². The van der Waals surface area contributed by atoms with E-state index in [1.54, 1.807) is 12.1 Å². The van der Waals surface area contributed by atoms with Crippen molar-refractivity contribution in [2.75, 3.05) is 25.7 Å². The van der Waals surface area contributed by atoms with Gasteiger partial charge in [-0.05, 0) is 12.1 Å². The number of methoxy groups -OCH3 is 1. The third-order valence-corrected chi connectivity index (χ3v) is 3.24. The van der Waals surface area contributed by atoms with Gasteiger partial charge >= 0.3 is 0 Å². The Morgan fingerprint density at radius 3 is 2.48 bits per heavy atom. The number of benzene rings is 1. The van der Waals surface area contributed by atoms with E-state index in [1.165, 1.54) is 7.11 Å². The van der Waals surface area contributed by atoms with Crippen LogP contribution in [-0.2, 0) is 0 Å². The van der Waals surface area contributed by atoms with Gasteiger partial charge in [-0.3, -0.25) is 5.43 Å². The number of hydrogen-bond donors (Lipinski definition) is 1. The van der Waals surface area contributed by atoms with Crippen LogP contribution in [0.15, 0.2) is 17.2 Å². The predicted octanol–water partition coefficient (Wildman–Crippen LogP) is 2.86. The van der Waals surface area contributed by atoms with E-state index in [4.69, 9.17) is 14.2 Å². The second-order valence-electron chi connectivity index (χ2n) is 4.81. The monoisotopic (exact) mass is 357 g/mol. The zero-order chi connectivity index (χ0) is 18.0. The SMILES string of the molecule is COc1cc(/C=N\Nc2c(F)c(F)nc(F)c2F)cc2c1OCCO2. The summed E-state index contributed by atoms with van der Waals surface area (Å²) in [5.74, 6) is -5.72. The maximum absolute atomic E-state index is 13.5. The Bertz CT molecular complexity index is 802. The van der Waals surface area contributed by atoms with Gasteiger partial charge in [0, 0.05) is 5.56 Å². The molecular weight excluding hydrogens is 346 g/mol. The first-order valence-electron chi connectivity index (χ1n) is 6.98. The van der Waals surface area contributed by atoms with E-state index in [-0.39, 0.29) is 0 Å². The summed E-state index contributed by atoms with van der Waals surface area (Å²) in [6.45, 7) is 0.719. The van der Waals surface area contributed by atoms with Gasteiger partial charge in [0.25, 0.3) is 11.9 Å². The van der Waals surface area contributed by atoms with Crippen molar-refractivity contribution in [2.45, 2.75) is 0 Å². The number of ether oxygens (including phenoxy) is 3. The lowest BCUT2D eigenvalue weighted by Crippen LogP contribution is -2.16. The van der Waals surface area contributed by atoms with E-state index in [9.17, 15) is 17.6 Å². The van der Waals surface area contributed by atoms with Gasteiger partial charge in [-0.1, -0.05) is 0 Å². The number of halogens is 4. The molecule has 25 heavy (non-hydrogen) atoms. The van der Waals surface area contributed by atoms with E-state index in [0.717, 1.165) is 6.21 Å². The van der Waals surface area contributed by atoms with E-state index < -0.39 is 29.2 Å². The van der Waals surface area contributed by atoms with Crippen molar-refractivity contribution in [1.29, 1.82) is 0 Å². The van der Waals surface area contributed by atoms with E-state index in [1.807, 2.05) is 5.43 Å². The molecule has 1 aromatic carbocycles. The van der Waals surface area contributed by atoms with Crippen molar-refractivity contribution < 1.29 is 31.8 Å². The highest BCUT2D eigenvalue weighted by Crippen LogP contribution is 2.40. The van der Waals surface area contributed by atoms with Gasteiger partial charge in [0.1, 0.15) is 18.9 Å². The van der Waals surface area contributed by atoms with E-state index in [2.05, 4.69) is 10.1 Å². The Morgan fingerprint density at radius 2 is 1.80 bits per heavy atom. The van der Waals surface area contributed by atoms with Crippen molar-refractivity contribution in [3.8, 4) is 17.2 Å². The summed E-state index contributed by atoms with van der Waals surface area (Å²) in [6, 6.07) is 3.10. The van der Waals surface area contributed by atoms with Gasteiger partial charge in [0.15, 0.2) is 11.5 Å². The molecule has 0 radical (unpaired) electrons. The van der Waals surface area contributed by atoms with Crippen LogP contribution in [0, 0.1) is 23.5 Å². The lowest BCUT2D eigenvalue weighted by Gasteiger charge is -2.20. The number of fused-ring (bicyclic) bond motifs is 1. The molecule has 10 heteroatoms. The quantitative estimate of drug-likeness (QED) is 0.395. The fraction of sp³-hybridized carbons (Fsp3) is 0.200. The lowest BCUT2D eigenvalue weighted by atomic mass is 10.2. The van der Waals surface area contributed by atoms with Gasteiger partial charge in [0.2, 0.25) is 17.4 Å². The fourth-order valence-corrected chi connectivity index (χ4v) is 2.12. The molecular formula is C15H11F4N3O3. The average molecular weight is 357 g/mol. The first kappa shape index (κ1) is 16.8. The molecule has 6 nitrogen and oxygen atoms in total. The Balaban J connectivity index is 1.86. The van der Waals surface area contributed by atoms with Crippen LogP contribution < -0.4 is 19.6 Å². The molecule has 0 fully saturated rings. The number of aromatic nitrogens is 1. The molecule has 132 valence electrons. The first-order valence-corrected chi connectivity index (χ1v) is 6.98. The highest BCUT2D eigenvalue weighted by Gasteiger charge is 2.21. The smallest absolute Gasteiger partial charge is 0.254 e. The number of hydrazone groups is 1. The van der Waals surface area contributed by atoms with Gasteiger partial charge in [0.05, 0.1) is 13.3 Å². The lowest BCUT2D eigenvalue weighted by molar-refractivity contribution is 0.165. The molecule has 0 aliphatic carbocycles. The van der Waals surface area contributed by atoms with Crippen molar-refractivity contribution in [3.63, 3.8) is 0 Å². The van der Waals surface area contributed by atoms with E-state index in [0.29, 0.717) is 36.0 Å². The maximum Gasteiger partial charge on any atom is 0.254 e. The third kappa shape index (κ3) is 3.28. The second-order valence-corrected chi connectivity index (χ2v) is 4.81. The largest absolute Gasteiger partial charge is 0.493 e. The van der Waals surface area contributed by atoms with Crippen LogP contribution in [0.5, 0.6) is 17.2 Å². The van der Waals surface area contributed by atoms with Crippen molar-refractivity contribution in [2.24, 2.45) is 5.10 Å². The molecule has 0 atom stereocenters. The van der Waals surface area contributed by atoms with Crippen LogP contribution in [-0.4, -0.2) is 31.5 Å². The van der Waals surface area contributed by atoms with Gasteiger partial charge in [-0.25, -0.2) is 0 Å². The minimum absolute atomic E-state index is 0.348. The summed E-state index contributed by atoms with van der Waals surface area (Å²) < 4.78 is 69.0. The highest BCUT2D eigenvalue weighted by atomic mass is 19.2. The molecule has 1 aromatic heterocycles. The van der Waals surface area contributed by atoms with Crippen LogP contribution in [0.4, 0.5) is 23.2 Å². The zero-order valence-electron chi connectivity index (χ0n) is 12.8. The molecule has 1 N–H and O–H groups in total. The molecule has 1 aliphatic rings. The molecule has 2 aromatic rings. The van der Waals surface area contributed by atoms with Crippen molar-refractivity contribution >= 4 is 11.9 Å². The van der Waals surface area contributed by atoms with Crippen molar-refractivity contribution in [1.82, 2.24) is 4.98 Å². The highest BCUT2D eigenvalue weighted by molar-refractivity contribution is 5.83. The summed E-state index contributed by atoms with van der Waals surface area (Å²) in [6.07, 6.45) is 1.16. The molecule has 0 saturated carbocycles. The van der Waals surface area contributed by atoms with Crippen molar-refractivity contribution in [3.05, 3.63) is 41.2 Å². The number of nitrogens with zero attached hydrogens (tertiary/aromatic N) is 2. The third-order valence-electron chi connectivity index (χ3n) is 3.24. The Labute approximate surface area is 139 Å². The average Bonchev–Trinajstić information content (AvgIpc) is 2.62. The molecule has 2 heterocycles. The summed E-state index contributed by atoms with van der Waals surface area (Å²) in [7, 11) is 1.43. The molecule has 0 bridgehead atoms. The molecule has 0 spiro atoms. The van der Waals surface area contributed by atoms with Crippen LogP contribution >= 0.6 is 0 Å². The molecule has 0 amide bonds. The van der Waals surface area contributed by atoms with Gasteiger partial charge < -0.3 is 14.2 Å². The number of anilines is 1. The topological polar surface area (TPSA) is 65.0 Å². The maximum atomic E-state index is 13.5. The Kier molecular flexibility index (Phi) is 4.59. The predicted molar refractivity (Wildman–Crippen MR) is 79.3 cm³/mol. The van der Waals surface area contributed by atoms with Gasteiger partial charge in [-0.2, -0.15) is 27.6 Å². The number of pyridine rings is 1. The first-order chi connectivity index (χ1) is 12.0. The van der Waals surface area contributed by atoms with Crippen LogP contribution in [0.25, 0.3) is 0 Å². The van der Waals surface area contributed by atoms with Crippen LogP contribution in [0.3, 0.4) is 0 Å². The second kappa shape index (κ2) is 6.83. The van der Waals surface area contributed by atoms with E-state index >= 15 is 0 Å². The molecule has 0 unspecified atom stereocenters. The minimum atomic E-state index is -1.78. The Morgan fingerprint density at radius 1 is 1.12 bits per heavy atom. The summed E-state index contributed by atoms with van der Waals surface area (Å²) >= 11 is 0. The van der Waals surface area contributed by atoms with Crippen LogP contribution in [0.2, 0.25) is 0 Å².